The fraction of sp³-hybridized carbons (Fsp3) is 0.440. The van der Waals surface area contributed by atoms with Crippen LogP contribution in [0, 0.1) is 13.8 Å². The van der Waals surface area contributed by atoms with E-state index < -0.39 is 12.1 Å². The van der Waals surface area contributed by atoms with Gasteiger partial charge >= 0.3 is 0 Å². The maximum atomic E-state index is 12.6. The van der Waals surface area contributed by atoms with Crippen LogP contribution in [0.25, 0.3) is 10.9 Å². The molecule has 2 atom stereocenters. The molecule has 31 heavy (non-hydrogen) atoms. The van der Waals surface area contributed by atoms with E-state index in [1.165, 1.54) is 0 Å². The monoisotopic (exact) mass is 500 g/mol. The normalized spacial score (nSPS) is 14.8. The van der Waals surface area contributed by atoms with Crippen LogP contribution in [0.2, 0.25) is 0 Å². The molecule has 2 heterocycles. The predicted molar refractivity (Wildman–Crippen MR) is 126 cm³/mol. The minimum Gasteiger partial charge on any atom is -0.396 e. The van der Waals surface area contributed by atoms with Crippen molar-refractivity contribution in [3.63, 3.8) is 0 Å². The Balaban J connectivity index is 0.00000170. The molecule has 1 aromatic heterocycles. The van der Waals surface area contributed by atoms with Gasteiger partial charge in [-0.25, -0.2) is 4.98 Å². The minimum atomic E-state index is -0.779. The van der Waals surface area contributed by atoms with Gasteiger partial charge in [-0.05, 0) is 24.1 Å². The van der Waals surface area contributed by atoms with Crippen LogP contribution in [0.15, 0.2) is 42.5 Å². The van der Waals surface area contributed by atoms with E-state index in [1.54, 1.807) is 0 Å². The molecule has 1 aliphatic rings. The van der Waals surface area contributed by atoms with Crippen molar-refractivity contribution in [3.05, 3.63) is 67.6 Å². The van der Waals surface area contributed by atoms with Crippen LogP contribution in [0.4, 0.5) is 0 Å². The van der Waals surface area contributed by atoms with E-state index in [-0.39, 0.29) is 45.0 Å². The standard InChI is InChI=1S/C21H25N3O2.2C2H6.Y/c1-3-20(25)15(2)22-21(26)19-13-16(14-24-11-7-4-8-12-24)17-9-5-6-10-18(17)23-19;2*1-2;/h4-7,9-10,13,15,20,25H,1-3,8,11-12,14H2,(H,22,26);2*1-2H3;/q-2;;;/t15-,20-;;;/m0.../s1. The third-order valence-electron chi connectivity index (χ3n) is 4.65. The number of rotatable bonds is 6. The number of carbonyl (C=O) groups is 1. The molecular formula is C25H37N3O2Y-2. The third kappa shape index (κ3) is 9.09. The van der Waals surface area contributed by atoms with Gasteiger partial charge in [0.1, 0.15) is 5.69 Å². The number of nitrogens with zero attached hydrogens (tertiary/aromatic N) is 2. The fourth-order valence-corrected chi connectivity index (χ4v) is 3.11. The molecule has 2 N–H and O–H groups in total. The Hall–Kier alpha value is -1.14. The number of carbonyl (C=O) groups excluding carboxylic acids is 1. The maximum absolute atomic E-state index is 12.6. The Kier molecular flexibility index (Phi) is 15.9. The van der Waals surface area contributed by atoms with Crippen LogP contribution in [0.5, 0.6) is 0 Å². The Labute approximate surface area is 213 Å². The average molecular weight is 500 g/mol. The molecule has 0 aliphatic carbocycles. The van der Waals surface area contributed by atoms with E-state index in [0.29, 0.717) is 5.69 Å². The van der Waals surface area contributed by atoms with Crippen LogP contribution in [-0.4, -0.2) is 46.1 Å². The number of aliphatic hydroxyl groups is 1. The molecule has 1 aromatic carbocycles. The molecule has 0 saturated carbocycles. The van der Waals surface area contributed by atoms with E-state index >= 15 is 0 Å². The molecule has 169 valence electrons. The van der Waals surface area contributed by atoms with Gasteiger partial charge in [0.25, 0.3) is 5.91 Å². The number of pyridine rings is 1. The Morgan fingerprint density at radius 1 is 1.23 bits per heavy atom. The summed E-state index contributed by atoms with van der Waals surface area (Å²) in [6.07, 6.45) is 4.92. The molecule has 6 heteroatoms. The maximum Gasteiger partial charge on any atom is 0.267 e. The molecule has 1 aliphatic heterocycles. The SMILES string of the molecule is CC.CC.[CH2-]C[C@H](O)[C@H]([CH2-])NC(=O)c1cc(CN2CC=CCC2)c2ccccc2n1.[Y]. The summed E-state index contributed by atoms with van der Waals surface area (Å²) in [4.78, 5) is 19.4. The first-order valence-corrected chi connectivity index (χ1v) is 11.0. The smallest absolute Gasteiger partial charge is 0.267 e. The number of amides is 1. The van der Waals surface area contributed by atoms with Gasteiger partial charge in [0.2, 0.25) is 0 Å². The summed E-state index contributed by atoms with van der Waals surface area (Å²) in [5.41, 5.74) is 2.21. The number of aliphatic hydroxyl groups excluding tert-OH is 1. The zero-order valence-electron chi connectivity index (χ0n) is 19.5. The number of hydrogen-bond donors (Lipinski definition) is 2. The summed E-state index contributed by atoms with van der Waals surface area (Å²) in [5.74, 6) is -0.331. The molecule has 1 radical (unpaired) electrons. The predicted octanol–water partition coefficient (Wildman–Crippen LogP) is 4.56. The largest absolute Gasteiger partial charge is 0.396 e. The number of benzene rings is 1. The number of nitrogens with one attached hydrogen (secondary N) is 1. The number of para-hydroxylation sites is 1. The Morgan fingerprint density at radius 3 is 2.52 bits per heavy atom. The zero-order chi connectivity index (χ0) is 22.5. The quantitative estimate of drug-likeness (QED) is 0.451. The minimum absolute atomic E-state index is 0. The number of hydrogen-bond acceptors (Lipinski definition) is 4. The van der Waals surface area contributed by atoms with Crippen LogP contribution in [-0.2, 0) is 39.3 Å². The van der Waals surface area contributed by atoms with Crippen LogP contribution >= 0.6 is 0 Å². The fourth-order valence-electron chi connectivity index (χ4n) is 3.11. The summed E-state index contributed by atoms with van der Waals surface area (Å²) in [7, 11) is 0. The van der Waals surface area contributed by atoms with Crippen molar-refractivity contribution >= 4 is 16.8 Å². The first-order chi connectivity index (χ1) is 14.6. The van der Waals surface area contributed by atoms with Gasteiger partial charge in [-0.1, -0.05) is 64.1 Å². The molecule has 2 aromatic rings. The van der Waals surface area contributed by atoms with Gasteiger partial charge in [0.15, 0.2) is 0 Å². The summed E-state index contributed by atoms with van der Waals surface area (Å²) < 4.78 is 0. The topological polar surface area (TPSA) is 65.5 Å². The summed E-state index contributed by atoms with van der Waals surface area (Å²) >= 11 is 0. The zero-order valence-corrected chi connectivity index (χ0v) is 22.3. The van der Waals surface area contributed by atoms with Gasteiger partial charge in [-0.15, -0.1) is 0 Å². The molecule has 0 unspecified atom stereocenters. The van der Waals surface area contributed by atoms with E-state index in [4.69, 9.17) is 0 Å². The van der Waals surface area contributed by atoms with Crippen molar-refractivity contribution in [3.8, 4) is 0 Å². The van der Waals surface area contributed by atoms with Crippen LogP contribution in [0.1, 0.15) is 56.6 Å². The number of fused-ring (bicyclic) bond motifs is 1. The second-order valence-corrected chi connectivity index (χ2v) is 6.61. The average Bonchev–Trinajstić information content (AvgIpc) is 2.81. The van der Waals surface area contributed by atoms with Gasteiger partial charge in [-0.3, -0.25) is 9.69 Å². The molecule has 0 spiro atoms. The van der Waals surface area contributed by atoms with E-state index in [1.807, 2.05) is 58.0 Å². The summed E-state index contributed by atoms with van der Waals surface area (Å²) in [5, 5.41) is 13.6. The van der Waals surface area contributed by atoms with Crippen molar-refractivity contribution in [2.45, 2.75) is 59.2 Å². The van der Waals surface area contributed by atoms with Crippen LogP contribution in [0.3, 0.4) is 0 Å². The van der Waals surface area contributed by atoms with Gasteiger partial charge < -0.3 is 24.3 Å². The molecule has 0 bridgehead atoms. The molecular weight excluding hydrogens is 463 g/mol. The molecule has 0 fully saturated rings. The van der Waals surface area contributed by atoms with Crippen molar-refractivity contribution in [1.82, 2.24) is 15.2 Å². The van der Waals surface area contributed by atoms with Crippen molar-refractivity contribution in [2.24, 2.45) is 0 Å². The second kappa shape index (κ2) is 16.5. The van der Waals surface area contributed by atoms with E-state index in [0.717, 1.165) is 42.5 Å². The van der Waals surface area contributed by atoms with Crippen molar-refractivity contribution in [1.29, 1.82) is 0 Å². The molecule has 3 rings (SSSR count). The first-order valence-electron chi connectivity index (χ1n) is 11.0. The second-order valence-electron chi connectivity index (χ2n) is 6.61. The Bertz CT molecular complexity index is 810. The van der Waals surface area contributed by atoms with Crippen molar-refractivity contribution in [2.75, 3.05) is 13.1 Å². The van der Waals surface area contributed by atoms with E-state index in [9.17, 15) is 9.90 Å². The van der Waals surface area contributed by atoms with Gasteiger partial charge in [0, 0.05) is 63.8 Å². The van der Waals surface area contributed by atoms with Crippen LogP contribution < -0.4 is 5.32 Å². The van der Waals surface area contributed by atoms with E-state index in [2.05, 4.69) is 41.2 Å². The summed E-state index contributed by atoms with van der Waals surface area (Å²) in [6.45, 7) is 18.1. The number of aromatic nitrogens is 1. The van der Waals surface area contributed by atoms with Crippen molar-refractivity contribution < 1.29 is 42.6 Å². The molecule has 0 saturated heterocycles. The third-order valence-corrected chi connectivity index (χ3v) is 4.65. The molecule has 5 nitrogen and oxygen atoms in total. The first kappa shape index (κ1) is 29.9. The molecule has 1 amide bonds. The van der Waals surface area contributed by atoms with Gasteiger partial charge in [0.05, 0.1) is 5.52 Å². The Morgan fingerprint density at radius 2 is 1.90 bits per heavy atom. The summed E-state index contributed by atoms with van der Waals surface area (Å²) in [6, 6.07) is 9.08. The van der Waals surface area contributed by atoms with Gasteiger partial charge in [-0.2, -0.15) is 6.42 Å².